The summed E-state index contributed by atoms with van der Waals surface area (Å²) in [5.74, 6) is 1.15. The third-order valence-electron chi connectivity index (χ3n) is 3.34. The first kappa shape index (κ1) is 12.9. The maximum Gasteiger partial charge on any atom is 0.260 e. The van der Waals surface area contributed by atoms with E-state index < -0.39 is 0 Å². The predicted molar refractivity (Wildman–Crippen MR) is 63.1 cm³/mol. The van der Waals surface area contributed by atoms with Crippen molar-refractivity contribution in [1.29, 1.82) is 0 Å². The highest BCUT2D eigenvalue weighted by molar-refractivity contribution is 5.78. The Labute approximate surface area is 106 Å². The average molecular weight is 254 g/mol. The lowest BCUT2D eigenvalue weighted by atomic mass is 10.0. The Bertz CT molecular complexity index is 418. The molecule has 0 spiro atoms. The minimum atomic E-state index is -0.126. The van der Waals surface area contributed by atoms with Gasteiger partial charge in [0.05, 0.1) is 12.6 Å². The minimum absolute atomic E-state index is 0.00399. The van der Waals surface area contributed by atoms with Crippen molar-refractivity contribution < 1.29 is 19.2 Å². The number of hydrogen-bond donors (Lipinski definition) is 1. The summed E-state index contributed by atoms with van der Waals surface area (Å²) < 4.78 is 10.1. The molecule has 2 heterocycles. The van der Waals surface area contributed by atoms with Gasteiger partial charge in [0.1, 0.15) is 5.76 Å². The van der Waals surface area contributed by atoms with Crippen LogP contribution in [0.5, 0.6) is 5.88 Å². The zero-order valence-electron chi connectivity index (χ0n) is 10.6. The summed E-state index contributed by atoms with van der Waals surface area (Å²) in [6.45, 7) is 4.39. The van der Waals surface area contributed by atoms with E-state index in [2.05, 4.69) is 5.16 Å². The van der Waals surface area contributed by atoms with Crippen LogP contribution in [0, 0.1) is 12.8 Å². The molecule has 100 valence electrons. The molecule has 1 aliphatic heterocycles. The Kier molecular flexibility index (Phi) is 3.86. The van der Waals surface area contributed by atoms with Crippen LogP contribution in [0.3, 0.4) is 0 Å². The number of nitrogens with zero attached hydrogens (tertiary/aromatic N) is 2. The molecule has 2 unspecified atom stereocenters. The van der Waals surface area contributed by atoms with Crippen LogP contribution in [-0.2, 0) is 4.79 Å². The summed E-state index contributed by atoms with van der Waals surface area (Å²) >= 11 is 0. The molecule has 1 N–H and O–H groups in total. The number of amides is 1. The van der Waals surface area contributed by atoms with Crippen molar-refractivity contribution in [2.24, 2.45) is 5.92 Å². The molecule has 0 aliphatic carbocycles. The SMILES string of the molecule is Cc1cc(OCC(=O)N2CCC(C)C2CO)no1. The molecule has 1 aromatic heterocycles. The van der Waals surface area contributed by atoms with Crippen molar-refractivity contribution in [3.05, 3.63) is 11.8 Å². The van der Waals surface area contributed by atoms with Crippen LogP contribution in [0.2, 0.25) is 0 Å². The molecule has 1 saturated heterocycles. The van der Waals surface area contributed by atoms with Crippen LogP contribution < -0.4 is 4.74 Å². The molecular formula is C12H18N2O4. The quantitative estimate of drug-likeness (QED) is 0.851. The molecule has 0 bridgehead atoms. The molecule has 1 aromatic rings. The second kappa shape index (κ2) is 5.39. The highest BCUT2D eigenvalue weighted by atomic mass is 16.5. The summed E-state index contributed by atoms with van der Waals surface area (Å²) in [5, 5.41) is 12.9. The number of likely N-dealkylation sites (tertiary alicyclic amines) is 1. The molecule has 0 radical (unpaired) electrons. The number of ether oxygens (including phenoxy) is 1. The van der Waals surface area contributed by atoms with Gasteiger partial charge in [0.15, 0.2) is 6.61 Å². The first-order chi connectivity index (χ1) is 8.61. The van der Waals surface area contributed by atoms with E-state index in [0.29, 0.717) is 24.1 Å². The standard InChI is InChI=1S/C12H18N2O4/c1-8-3-4-14(10(8)6-15)12(16)7-17-11-5-9(2)18-13-11/h5,8,10,15H,3-4,6-7H2,1-2H3. The summed E-state index contributed by atoms with van der Waals surface area (Å²) in [5.41, 5.74) is 0. The monoisotopic (exact) mass is 254 g/mol. The van der Waals surface area contributed by atoms with E-state index in [4.69, 9.17) is 9.26 Å². The number of aromatic nitrogens is 1. The average Bonchev–Trinajstić information content (AvgIpc) is 2.92. The zero-order valence-corrected chi connectivity index (χ0v) is 10.6. The van der Waals surface area contributed by atoms with Crippen LogP contribution in [0.15, 0.2) is 10.6 Å². The summed E-state index contributed by atoms with van der Waals surface area (Å²) in [4.78, 5) is 13.6. The van der Waals surface area contributed by atoms with Crippen molar-refractivity contribution in [3.8, 4) is 5.88 Å². The third-order valence-corrected chi connectivity index (χ3v) is 3.34. The largest absolute Gasteiger partial charge is 0.465 e. The fraction of sp³-hybridized carbons (Fsp3) is 0.667. The van der Waals surface area contributed by atoms with Gasteiger partial charge in [0.25, 0.3) is 11.8 Å². The lowest BCUT2D eigenvalue weighted by molar-refractivity contribution is -0.135. The lowest BCUT2D eigenvalue weighted by Gasteiger charge is -2.24. The van der Waals surface area contributed by atoms with Crippen molar-refractivity contribution in [2.45, 2.75) is 26.3 Å². The summed E-state index contributed by atoms with van der Waals surface area (Å²) in [6.07, 6.45) is 0.917. The smallest absolute Gasteiger partial charge is 0.260 e. The maximum absolute atomic E-state index is 12.0. The number of carbonyl (C=O) groups excluding carboxylic acids is 1. The molecule has 2 rings (SSSR count). The number of hydrogen-bond acceptors (Lipinski definition) is 5. The van der Waals surface area contributed by atoms with E-state index in [1.165, 1.54) is 0 Å². The van der Waals surface area contributed by atoms with Gasteiger partial charge in [-0.05, 0) is 24.4 Å². The van der Waals surface area contributed by atoms with Gasteiger partial charge in [-0.15, -0.1) is 0 Å². The molecule has 18 heavy (non-hydrogen) atoms. The molecular weight excluding hydrogens is 236 g/mol. The fourth-order valence-electron chi connectivity index (χ4n) is 2.23. The Balaban J connectivity index is 1.88. The second-order valence-electron chi connectivity index (χ2n) is 4.67. The Morgan fingerprint density at radius 2 is 2.50 bits per heavy atom. The number of aliphatic hydroxyl groups excluding tert-OH is 1. The zero-order chi connectivity index (χ0) is 13.1. The van der Waals surface area contributed by atoms with E-state index >= 15 is 0 Å². The van der Waals surface area contributed by atoms with Gasteiger partial charge in [-0.3, -0.25) is 4.79 Å². The Morgan fingerprint density at radius 1 is 1.72 bits per heavy atom. The Morgan fingerprint density at radius 3 is 3.11 bits per heavy atom. The molecule has 1 aliphatic rings. The lowest BCUT2D eigenvalue weighted by Crippen LogP contribution is -2.42. The number of carbonyl (C=O) groups is 1. The van der Waals surface area contributed by atoms with E-state index in [1.807, 2.05) is 6.92 Å². The van der Waals surface area contributed by atoms with E-state index in [-0.39, 0.29) is 25.2 Å². The van der Waals surface area contributed by atoms with Crippen LogP contribution in [0.1, 0.15) is 19.1 Å². The maximum atomic E-state index is 12.0. The van der Waals surface area contributed by atoms with Crippen molar-refractivity contribution in [2.75, 3.05) is 19.8 Å². The third kappa shape index (κ3) is 2.64. The first-order valence-electron chi connectivity index (χ1n) is 6.08. The van der Waals surface area contributed by atoms with Crippen LogP contribution in [-0.4, -0.2) is 46.9 Å². The van der Waals surface area contributed by atoms with E-state index in [9.17, 15) is 9.90 Å². The molecule has 6 heteroatoms. The van der Waals surface area contributed by atoms with Gasteiger partial charge in [-0.1, -0.05) is 6.92 Å². The first-order valence-corrected chi connectivity index (χ1v) is 6.08. The van der Waals surface area contributed by atoms with Crippen molar-refractivity contribution in [3.63, 3.8) is 0 Å². The number of aliphatic hydroxyl groups is 1. The molecule has 1 amide bonds. The Hall–Kier alpha value is -1.56. The van der Waals surface area contributed by atoms with Crippen LogP contribution in [0.25, 0.3) is 0 Å². The number of rotatable bonds is 4. The molecule has 2 atom stereocenters. The van der Waals surface area contributed by atoms with Gasteiger partial charge >= 0.3 is 0 Å². The molecule has 0 aromatic carbocycles. The minimum Gasteiger partial charge on any atom is -0.465 e. The van der Waals surface area contributed by atoms with E-state index in [0.717, 1.165) is 6.42 Å². The van der Waals surface area contributed by atoms with Gasteiger partial charge in [0, 0.05) is 12.6 Å². The molecule has 6 nitrogen and oxygen atoms in total. The van der Waals surface area contributed by atoms with Crippen molar-refractivity contribution in [1.82, 2.24) is 10.1 Å². The van der Waals surface area contributed by atoms with E-state index in [1.54, 1.807) is 17.9 Å². The van der Waals surface area contributed by atoms with Crippen LogP contribution >= 0.6 is 0 Å². The highest BCUT2D eigenvalue weighted by Crippen LogP contribution is 2.23. The van der Waals surface area contributed by atoms with Gasteiger partial charge < -0.3 is 19.3 Å². The van der Waals surface area contributed by atoms with Gasteiger partial charge in [-0.25, -0.2) is 0 Å². The van der Waals surface area contributed by atoms with Gasteiger partial charge in [-0.2, -0.15) is 0 Å². The van der Waals surface area contributed by atoms with Crippen LogP contribution in [0.4, 0.5) is 0 Å². The summed E-state index contributed by atoms with van der Waals surface area (Å²) in [6, 6.07) is 1.53. The summed E-state index contributed by atoms with van der Waals surface area (Å²) in [7, 11) is 0. The highest BCUT2D eigenvalue weighted by Gasteiger charge is 2.33. The topological polar surface area (TPSA) is 75.8 Å². The number of aryl methyl sites for hydroxylation is 1. The normalized spacial score (nSPS) is 23.4. The van der Waals surface area contributed by atoms with Gasteiger partial charge in [0.2, 0.25) is 0 Å². The fourth-order valence-corrected chi connectivity index (χ4v) is 2.23. The molecule has 1 fully saturated rings. The molecule has 0 saturated carbocycles. The van der Waals surface area contributed by atoms with Crippen molar-refractivity contribution >= 4 is 5.91 Å². The second-order valence-corrected chi connectivity index (χ2v) is 4.67. The predicted octanol–water partition coefficient (Wildman–Crippen LogP) is 0.591.